The molecule has 3 aromatic rings. The third kappa shape index (κ3) is 3.71. The molecule has 0 aliphatic rings. The number of amides is 1. The minimum Gasteiger partial charge on any atom is -0.497 e. The van der Waals surface area contributed by atoms with Gasteiger partial charge in [0.1, 0.15) is 5.75 Å². The number of nitrogens with one attached hydrogen (secondary N) is 2. The number of anilines is 1. The fourth-order valence-electron chi connectivity index (χ4n) is 2.83. The molecule has 1 amide bonds. The zero-order valence-corrected chi connectivity index (χ0v) is 14.3. The third-order valence-corrected chi connectivity index (χ3v) is 4.06. The first-order valence-electron chi connectivity index (χ1n) is 8.22. The van der Waals surface area contributed by atoms with E-state index in [1.807, 2.05) is 12.1 Å². The molecule has 128 valence electrons. The molecular weight excluding hydrogens is 316 g/mol. The number of aryl methyl sites for hydroxylation is 1. The maximum absolute atomic E-state index is 12.4. The second kappa shape index (κ2) is 7.21. The van der Waals surface area contributed by atoms with Crippen molar-refractivity contribution in [2.75, 3.05) is 12.4 Å². The van der Waals surface area contributed by atoms with Gasteiger partial charge in [-0.05, 0) is 48.4 Å². The number of hydrogen-bond acceptors (Lipinski definition) is 3. The normalized spacial score (nSPS) is 10.6. The first kappa shape index (κ1) is 16.8. The number of hydrogen-bond donors (Lipinski definition) is 2. The van der Waals surface area contributed by atoms with Gasteiger partial charge in [0.25, 0.3) is 5.91 Å². The molecule has 0 spiro atoms. The van der Waals surface area contributed by atoms with Gasteiger partial charge in [0.05, 0.1) is 12.6 Å². The van der Waals surface area contributed by atoms with Crippen molar-refractivity contribution in [1.82, 2.24) is 4.98 Å². The van der Waals surface area contributed by atoms with Crippen LogP contribution in [0.5, 0.6) is 5.75 Å². The highest BCUT2D eigenvalue weighted by molar-refractivity contribution is 6.05. The van der Waals surface area contributed by atoms with Gasteiger partial charge in [-0.2, -0.15) is 0 Å². The van der Waals surface area contributed by atoms with Crippen molar-refractivity contribution >= 4 is 22.5 Å². The maximum Gasteiger partial charge on any atom is 0.255 e. The predicted molar refractivity (Wildman–Crippen MR) is 99.5 cm³/mol. The highest BCUT2D eigenvalue weighted by atomic mass is 16.5. The highest BCUT2D eigenvalue weighted by Crippen LogP contribution is 2.21. The number of H-pyrrole nitrogens is 1. The molecule has 1 heterocycles. The van der Waals surface area contributed by atoms with Gasteiger partial charge in [0.2, 0.25) is 5.56 Å². The highest BCUT2D eigenvalue weighted by Gasteiger charge is 2.08. The van der Waals surface area contributed by atoms with Crippen LogP contribution in [0, 0.1) is 0 Å². The van der Waals surface area contributed by atoms with Crippen LogP contribution < -0.4 is 15.6 Å². The SMILES string of the molecule is CCCc1cc(=O)[nH]c2cc(NC(=O)c3ccc(OC)cc3)ccc12. The quantitative estimate of drug-likeness (QED) is 0.745. The molecule has 0 radical (unpaired) electrons. The van der Waals surface area contributed by atoms with Gasteiger partial charge in [0.15, 0.2) is 0 Å². The number of carbonyl (C=O) groups excluding carboxylic acids is 1. The summed E-state index contributed by atoms with van der Waals surface area (Å²) in [6.45, 7) is 2.08. The second-order valence-corrected chi connectivity index (χ2v) is 5.85. The molecule has 2 aromatic carbocycles. The van der Waals surface area contributed by atoms with Crippen LogP contribution in [-0.4, -0.2) is 18.0 Å². The van der Waals surface area contributed by atoms with E-state index in [1.54, 1.807) is 43.5 Å². The first-order chi connectivity index (χ1) is 12.1. The molecule has 5 nitrogen and oxygen atoms in total. The monoisotopic (exact) mass is 336 g/mol. The summed E-state index contributed by atoms with van der Waals surface area (Å²) >= 11 is 0. The summed E-state index contributed by atoms with van der Waals surface area (Å²) in [5.74, 6) is 0.484. The number of aromatic nitrogens is 1. The maximum atomic E-state index is 12.4. The molecule has 0 fully saturated rings. The Balaban J connectivity index is 1.88. The zero-order valence-electron chi connectivity index (χ0n) is 14.3. The summed E-state index contributed by atoms with van der Waals surface area (Å²) in [6, 6.07) is 14.1. The van der Waals surface area contributed by atoms with Crippen molar-refractivity contribution in [3.8, 4) is 5.75 Å². The average Bonchev–Trinajstić information content (AvgIpc) is 2.61. The van der Waals surface area contributed by atoms with Crippen LogP contribution in [0.15, 0.2) is 53.3 Å². The van der Waals surface area contributed by atoms with Crippen molar-refractivity contribution in [3.63, 3.8) is 0 Å². The summed E-state index contributed by atoms with van der Waals surface area (Å²) in [7, 11) is 1.58. The number of fused-ring (bicyclic) bond motifs is 1. The van der Waals surface area contributed by atoms with Gasteiger partial charge in [-0.15, -0.1) is 0 Å². The van der Waals surface area contributed by atoms with Gasteiger partial charge in [-0.25, -0.2) is 0 Å². The van der Waals surface area contributed by atoms with E-state index >= 15 is 0 Å². The molecule has 0 aliphatic carbocycles. The van der Waals surface area contributed by atoms with Crippen molar-refractivity contribution in [3.05, 3.63) is 70.0 Å². The van der Waals surface area contributed by atoms with Crippen LogP contribution in [0.4, 0.5) is 5.69 Å². The van der Waals surface area contributed by atoms with Crippen LogP contribution in [-0.2, 0) is 6.42 Å². The molecule has 0 bridgehead atoms. The zero-order chi connectivity index (χ0) is 17.8. The molecule has 0 saturated carbocycles. The minimum atomic E-state index is -0.214. The fourth-order valence-corrected chi connectivity index (χ4v) is 2.83. The van der Waals surface area contributed by atoms with E-state index in [0.717, 1.165) is 29.3 Å². The molecule has 0 saturated heterocycles. The van der Waals surface area contributed by atoms with Crippen LogP contribution in [0.1, 0.15) is 29.3 Å². The molecule has 25 heavy (non-hydrogen) atoms. The summed E-state index contributed by atoms with van der Waals surface area (Å²) in [6.07, 6.45) is 1.81. The molecule has 1 aromatic heterocycles. The van der Waals surface area contributed by atoms with Gasteiger partial charge >= 0.3 is 0 Å². The van der Waals surface area contributed by atoms with Crippen LogP contribution in [0.2, 0.25) is 0 Å². The number of aromatic amines is 1. The van der Waals surface area contributed by atoms with Crippen LogP contribution >= 0.6 is 0 Å². The first-order valence-corrected chi connectivity index (χ1v) is 8.22. The van der Waals surface area contributed by atoms with Crippen molar-refractivity contribution in [2.24, 2.45) is 0 Å². The smallest absolute Gasteiger partial charge is 0.255 e. The number of pyridine rings is 1. The van der Waals surface area contributed by atoms with E-state index < -0.39 is 0 Å². The summed E-state index contributed by atoms with van der Waals surface area (Å²) in [4.78, 5) is 27.0. The van der Waals surface area contributed by atoms with Crippen LogP contribution in [0.25, 0.3) is 10.9 Å². The predicted octanol–water partition coefficient (Wildman–Crippen LogP) is 3.74. The molecule has 3 rings (SSSR count). The molecular formula is C20H20N2O3. The lowest BCUT2D eigenvalue weighted by Crippen LogP contribution is -2.12. The summed E-state index contributed by atoms with van der Waals surface area (Å²) in [5, 5.41) is 3.86. The number of benzene rings is 2. The largest absolute Gasteiger partial charge is 0.497 e. The minimum absolute atomic E-state index is 0.130. The molecule has 0 aliphatic heterocycles. The summed E-state index contributed by atoms with van der Waals surface area (Å²) in [5.41, 5.74) is 2.79. The Labute approximate surface area is 145 Å². The van der Waals surface area contributed by atoms with E-state index in [1.165, 1.54) is 0 Å². The van der Waals surface area contributed by atoms with E-state index in [9.17, 15) is 9.59 Å². The van der Waals surface area contributed by atoms with Gasteiger partial charge in [-0.1, -0.05) is 19.4 Å². The van der Waals surface area contributed by atoms with E-state index in [2.05, 4.69) is 17.2 Å². The number of rotatable bonds is 5. The Morgan fingerprint density at radius 2 is 1.88 bits per heavy atom. The van der Waals surface area contributed by atoms with Gasteiger partial charge in [-0.3, -0.25) is 9.59 Å². The Morgan fingerprint density at radius 3 is 2.56 bits per heavy atom. The van der Waals surface area contributed by atoms with Gasteiger partial charge < -0.3 is 15.0 Å². The Kier molecular flexibility index (Phi) is 4.84. The average molecular weight is 336 g/mol. The molecule has 2 N–H and O–H groups in total. The molecule has 0 atom stereocenters. The third-order valence-electron chi connectivity index (χ3n) is 4.06. The Morgan fingerprint density at radius 1 is 1.12 bits per heavy atom. The Hall–Kier alpha value is -3.08. The van der Waals surface area contributed by atoms with E-state index in [4.69, 9.17) is 4.74 Å². The van der Waals surface area contributed by atoms with Crippen molar-refractivity contribution < 1.29 is 9.53 Å². The Bertz CT molecular complexity index is 959. The van der Waals surface area contributed by atoms with Crippen molar-refractivity contribution in [2.45, 2.75) is 19.8 Å². The second-order valence-electron chi connectivity index (χ2n) is 5.85. The van der Waals surface area contributed by atoms with E-state index in [-0.39, 0.29) is 11.5 Å². The van der Waals surface area contributed by atoms with Gasteiger partial charge in [0, 0.05) is 22.7 Å². The van der Waals surface area contributed by atoms with E-state index in [0.29, 0.717) is 17.0 Å². The standard InChI is InChI=1S/C20H20N2O3/c1-3-4-14-11-19(23)22-18-12-15(7-10-17(14)18)21-20(24)13-5-8-16(25-2)9-6-13/h5-12H,3-4H2,1-2H3,(H,21,24)(H,22,23). The number of carbonyl (C=O) groups is 1. The lowest BCUT2D eigenvalue weighted by molar-refractivity contribution is 0.102. The van der Waals surface area contributed by atoms with Crippen LogP contribution in [0.3, 0.4) is 0 Å². The summed E-state index contributed by atoms with van der Waals surface area (Å²) < 4.78 is 5.09. The lowest BCUT2D eigenvalue weighted by Gasteiger charge is -2.09. The number of methoxy groups -OCH3 is 1. The fraction of sp³-hybridized carbons (Fsp3) is 0.200. The van der Waals surface area contributed by atoms with Crippen molar-refractivity contribution in [1.29, 1.82) is 0 Å². The molecule has 5 heteroatoms. The topological polar surface area (TPSA) is 71.2 Å². The lowest BCUT2D eigenvalue weighted by atomic mass is 10.0. The number of ether oxygens (including phenoxy) is 1. The molecule has 0 unspecified atom stereocenters.